The summed E-state index contributed by atoms with van der Waals surface area (Å²) >= 11 is 5.86. The van der Waals surface area contributed by atoms with E-state index in [4.69, 9.17) is 16.3 Å². The van der Waals surface area contributed by atoms with Gasteiger partial charge in [0.15, 0.2) is 0 Å². The lowest BCUT2D eigenvalue weighted by Crippen LogP contribution is -2.23. The molecule has 0 radical (unpaired) electrons. The van der Waals surface area contributed by atoms with Crippen molar-refractivity contribution >= 4 is 35.0 Å². The Labute approximate surface area is 136 Å². The molecule has 7 heteroatoms. The van der Waals surface area contributed by atoms with Crippen LogP contribution < -0.4 is 10.2 Å². The Kier molecular flexibility index (Phi) is 4.16. The summed E-state index contributed by atoms with van der Waals surface area (Å²) in [5, 5.41) is 2.61. The van der Waals surface area contributed by atoms with Crippen molar-refractivity contribution in [1.29, 1.82) is 0 Å². The van der Waals surface area contributed by atoms with Gasteiger partial charge in [-0.2, -0.15) is 0 Å². The molecule has 0 unspecified atom stereocenters. The van der Waals surface area contributed by atoms with Crippen LogP contribution in [0, 0.1) is 5.82 Å². The molecule has 0 aromatic heterocycles. The third-order valence-corrected chi connectivity index (χ3v) is 3.70. The van der Waals surface area contributed by atoms with Crippen molar-refractivity contribution in [1.82, 2.24) is 0 Å². The second-order valence-electron chi connectivity index (χ2n) is 4.86. The van der Waals surface area contributed by atoms with Crippen molar-refractivity contribution in [2.45, 2.75) is 0 Å². The van der Waals surface area contributed by atoms with E-state index in [0.29, 0.717) is 24.5 Å². The molecule has 3 rings (SSSR count). The fraction of sp³-hybridized carbons (Fsp3) is 0.125. The van der Waals surface area contributed by atoms with Gasteiger partial charge in [-0.25, -0.2) is 9.18 Å². The zero-order valence-electron chi connectivity index (χ0n) is 11.9. The molecule has 0 atom stereocenters. The molecule has 2 amide bonds. The molecule has 118 valence electrons. The number of anilines is 2. The Morgan fingerprint density at radius 2 is 1.96 bits per heavy atom. The molecular weight excluding hydrogens is 323 g/mol. The molecule has 1 N–H and O–H groups in total. The van der Waals surface area contributed by atoms with Gasteiger partial charge in [-0.15, -0.1) is 0 Å². The van der Waals surface area contributed by atoms with Crippen LogP contribution in [0.2, 0.25) is 5.02 Å². The van der Waals surface area contributed by atoms with E-state index in [1.807, 2.05) is 0 Å². The van der Waals surface area contributed by atoms with Gasteiger partial charge in [-0.3, -0.25) is 9.69 Å². The van der Waals surface area contributed by atoms with E-state index in [9.17, 15) is 14.0 Å². The number of nitrogens with one attached hydrogen (secondary N) is 1. The maximum atomic E-state index is 13.7. The first-order valence-electron chi connectivity index (χ1n) is 6.86. The number of carbonyl (C=O) groups is 2. The van der Waals surface area contributed by atoms with Gasteiger partial charge in [0.2, 0.25) is 0 Å². The Bertz CT molecular complexity index is 744. The number of cyclic esters (lactones) is 1. The zero-order chi connectivity index (χ0) is 16.4. The first-order valence-corrected chi connectivity index (χ1v) is 7.24. The van der Waals surface area contributed by atoms with Crippen LogP contribution in [0.3, 0.4) is 0 Å². The molecule has 1 saturated heterocycles. The summed E-state index contributed by atoms with van der Waals surface area (Å²) < 4.78 is 18.6. The van der Waals surface area contributed by atoms with Gasteiger partial charge < -0.3 is 10.1 Å². The van der Waals surface area contributed by atoms with Gasteiger partial charge in [-0.05, 0) is 36.4 Å². The highest BCUT2D eigenvalue weighted by Gasteiger charge is 2.23. The Morgan fingerprint density at radius 1 is 1.22 bits per heavy atom. The van der Waals surface area contributed by atoms with Crippen LogP contribution in [0.5, 0.6) is 0 Å². The molecule has 1 heterocycles. The Hall–Kier alpha value is -2.60. The third-order valence-electron chi connectivity index (χ3n) is 3.39. The maximum absolute atomic E-state index is 13.7. The number of hydrogen-bond acceptors (Lipinski definition) is 3. The highest BCUT2D eigenvalue weighted by molar-refractivity contribution is 6.34. The minimum absolute atomic E-state index is 0.0407. The normalized spacial score (nSPS) is 13.8. The molecule has 23 heavy (non-hydrogen) atoms. The van der Waals surface area contributed by atoms with Crippen LogP contribution in [0.1, 0.15) is 10.4 Å². The van der Waals surface area contributed by atoms with Crippen molar-refractivity contribution in [3.63, 3.8) is 0 Å². The quantitative estimate of drug-likeness (QED) is 0.931. The van der Waals surface area contributed by atoms with Gasteiger partial charge in [0.05, 0.1) is 17.1 Å². The van der Waals surface area contributed by atoms with E-state index in [2.05, 4.69) is 5.32 Å². The molecule has 1 aliphatic heterocycles. The summed E-state index contributed by atoms with van der Waals surface area (Å²) in [5.41, 5.74) is 0.918. The molecule has 0 aliphatic carbocycles. The van der Waals surface area contributed by atoms with E-state index < -0.39 is 17.8 Å². The summed E-state index contributed by atoms with van der Waals surface area (Å²) in [4.78, 5) is 25.1. The molecular formula is C16H12ClFN2O3. The zero-order valence-corrected chi connectivity index (χ0v) is 12.6. The Morgan fingerprint density at radius 3 is 2.57 bits per heavy atom. The van der Waals surface area contributed by atoms with E-state index in [1.165, 1.54) is 23.1 Å². The SMILES string of the molecule is O=C(Nc1ccc(N2CCOC2=O)cc1)c1c(F)cccc1Cl. The average Bonchev–Trinajstić information content (AvgIpc) is 2.94. The number of carbonyl (C=O) groups excluding carboxylic acids is 2. The number of benzene rings is 2. The average molecular weight is 335 g/mol. The molecule has 1 aliphatic rings. The van der Waals surface area contributed by atoms with Crippen LogP contribution in [-0.2, 0) is 4.74 Å². The van der Waals surface area contributed by atoms with Crippen molar-refractivity contribution < 1.29 is 18.7 Å². The number of hydrogen-bond donors (Lipinski definition) is 1. The predicted octanol–water partition coefficient (Wildman–Crippen LogP) is 3.69. The lowest BCUT2D eigenvalue weighted by Gasteiger charge is -2.13. The van der Waals surface area contributed by atoms with Crippen LogP contribution in [-0.4, -0.2) is 25.2 Å². The summed E-state index contributed by atoms with van der Waals surface area (Å²) in [6.45, 7) is 0.832. The van der Waals surface area contributed by atoms with E-state index in [0.717, 1.165) is 0 Å². The second kappa shape index (κ2) is 6.26. The molecule has 2 aromatic rings. The predicted molar refractivity (Wildman–Crippen MR) is 84.5 cm³/mol. The summed E-state index contributed by atoms with van der Waals surface area (Å²) in [6, 6.07) is 10.6. The number of halogens is 2. The van der Waals surface area contributed by atoms with E-state index in [-0.39, 0.29) is 10.6 Å². The van der Waals surface area contributed by atoms with Crippen LogP contribution in [0.4, 0.5) is 20.6 Å². The number of rotatable bonds is 3. The molecule has 2 aromatic carbocycles. The number of nitrogens with zero attached hydrogens (tertiary/aromatic N) is 1. The fourth-order valence-corrected chi connectivity index (χ4v) is 2.51. The maximum Gasteiger partial charge on any atom is 0.414 e. The first-order chi connectivity index (χ1) is 11.1. The minimum Gasteiger partial charge on any atom is -0.447 e. The molecule has 0 bridgehead atoms. The van der Waals surface area contributed by atoms with Crippen molar-refractivity contribution in [3.05, 3.63) is 58.9 Å². The fourth-order valence-electron chi connectivity index (χ4n) is 2.26. The lowest BCUT2D eigenvalue weighted by molar-refractivity contribution is 0.102. The van der Waals surface area contributed by atoms with E-state index in [1.54, 1.807) is 24.3 Å². The topological polar surface area (TPSA) is 58.6 Å². The van der Waals surface area contributed by atoms with Gasteiger partial charge in [0, 0.05) is 11.4 Å². The van der Waals surface area contributed by atoms with Crippen LogP contribution >= 0.6 is 11.6 Å². The van der Waals surface area contributed by atoms with E-state index >= 15 is 0 Å². The Balaban J connectivity index is 1.76. The third kappa shape index (κ3) is 3.12. The summed E-state index contributed by atoms with van der Waals surface area (Å²) in [5.74, 6) is -1.33. The van der Waals surface area contributed by atoms with Crippen molar-refractivity contribution in [2.75, 3.05) is 23.4 Å². The summed E-state index contributed by atoms with van der Waals surface area (Å²) in [7, 11) is 0. The van der Waals surface area contributed by atoms with Crippen LogP contribution in [0.15, 0.2) is 42.5 Å². The van der Waals surface area contributed by atoms with Crippen molar-refractivity contribution in [3.8, 4) is 0 Å². The largest absolute Gasteiger partial charge is 0.447 e. The van der Waals surface area contributed by atoms with Gasteiger partial charge in [-0.1, -0.05) is 17.7 Å². The highest BCUT2D eigenvalue weighted by atomic mass is 35.5. The molecule has 5 nitrogen and oxygen atoms in total. The minimum atomic E-state index is -0.688. The molecule has 0 spiro atoms. The smallest absolute Gasteiger partial charge is 0.414 e. The molecule has 0 saturated carbocycles. The number of amides is 2. The standard InChI is InChI=1S/C16H12ClFN2O3/c17-12-2-1-3-13(18)14(12)15(21)19-10-4-6-11(7-5-10)20-8-9-23-16(20)22/h1-7H,8-9H2,(H,19,21). The highest BCUT2D eigenvalue weighted by Crippen LogP contribution is 2.23. The van der Waals surface area contributed by atoms with Gasteiger partial charge in [0.1, 0.15) is 12.4 Å². The first kappa shape index (κ1) is 15.3. The van der Waals surface area contributed by atoms with Gasteiger partial charge >= 0.3 is 6.09 Å². The number of ether oxygens (including phenoxy) is 1. The van der Waals surface area contributed by atoms with Crippen LogP contribution in [0.25, 0.3) is 0 Å². The van der Waals surface area contributed by atoms with Gasteiger partial charge in [0.25, 0.3) is 5.91 Å². The van der Waals surface area contributed by atoms with Crippen molar-refractivity contribution in [2.24, 2.45) is 0 Å². The monoisotopic (exact) mass is 334 g/mol. The lowest BCUT2D eigenvalue weighted by atomic mass is 10.2. The molecule has 1 fully saturated rings. The second-order valence-corrected chi connectivity index (χ2v) is 5.27. The summed E-state index contributed by atoms with van der Waals surface area (Å²) in [6.07, 6.45) is -0.403.